The summed E-state index contributed by atoms with van der Waals surface area (Å²) in [5.41, 5.74) is 7.10. The molecule has 5 heteroatoms. The summed E-state index contributed by atoms with van der Waals surface area (Å²) in [7, 11) is 0. The average molecular weight is 249 g/mol. The zero-order valence-corrected chi connectivity index (χ0v) is 10.7. The molecule has 0 unspecified atom stereocenters. The average Bonchev–Trinajstić information content (AvgIpc) is 2.75. The Kier molecular flexibility index (Phi) is 3.81. The Hall–Kier alpha value is -1.33. The van der Waals surface area contributed by atoms with Crippen LogP contribution in [0.25, 0.3) is 0 Å². The van der Waals surface area contributed by atoms with Crippen molar-refractivity contribution < 1.29 is 4.42 Å². The van der Waals surface area contributed by atoms with Gasteiger partial charge < -0.3 is 10.2 Å². The number of aromatic nitrogens is 2. The van der Waals surface area contributed by atoms with Crippen molar-refractivity contribution in [3.8, 4) is 0 Å². The van der Waals surface area contributed by atoms with Gasteiger partial charge in [0.15, 0.2) is 0 Å². The third-order valence-electron chi connectivity index (χ3n) is 2.46. The Morgan fingerprint density at radius 2 is 2.00 bits per heavy atom. The van der Waals surface area contributed by atoms with Crippen LogP contribution in [0.2, 0.25) is 0 Å². The fourth-order valence-corrected chi connectivity index (χ4v) is 2.16. The molecule has 0 radical (unpaired) electrons. The van der Waals surface area contributed by atoms with E-state index < -0.39 is 0 Å². The first kappa shape index (κ1) is 12.1. The molecule has 2 rings (SSSR count). The Morgan fingerprint density at radius 3 is 2.53 bits per heavy atom. The molecule has 1 aromatic heterocycles. The number of nitrogens with zero attached hydrogens (tertiary/aromatic N) is 2. The molecule has 0 saturated heterocycles. The van der Waals surface area contributed by atoms with E-state index in [2.05, 4.69) is 17.1 Å². The van der Waals surface area contributed by atoms with Gasteiger partial charge in [-0.05, 0) is 35.9 Å². The number of hydrogen-bond donors (Lipinski definition) is 1. The van der Waals surface area contributed by atoms with Crippen LogP contribution in [0.5, 0.6) is 0 Å². The van der Waals surface area contributed by atoms with Gasteiger partial charge in [-0.2, -0.15) is 0 Å². The van der Waals surface area contributed by atoms with Gasteiger partial charge >= 0.3 is 0 Å². The molecule has 0 spiro atoms. The summed E-state index contributed by atoms with van der Waals surface area (Å²) in [6.07, 6.45) is 0.940. The maximum absolute atomic E-state index is 5.95. The third-order valence-corrected chi connectivity index (χ3v) is 3.31. The fourth-order valence-electron chi connectivity index (χ4n) is 1.44. The summed E-state index contributed by atoms with van der Waals surface area (Å²) in [5.74, 6) is 0.581. The molecule has 4 nitrogen and oxygen atoms in total. The molecule has 0 aliphatic rings. The minimum absolute atomic E-state index is 0.111. The van der Waals surface area contributed by atoms with Crippen molar-refractivity contribution in [1.82, 2.24) is 10.2 Å². The number of benzene rings is 1. The van der Waals surface area contributed by atoms with Crippen molar-refractivity contribution in [2.24, 2.45) is 5.73 Å². The number of rotatable bonds is 4. The number of aryl methyl sites for hydroxylation is 1. The molecule has 90 valence electrons. The van der Waals surface area contributed by atoms with Gasteiger partial charge in [-0.1, -0.05) is 19.1 Å². The van der Waals surface area contributed by atoms with E-state index in [4.69, 9.17) is 10.2 Å². The van der Waals surface area contributed by atoms with Crippen LogP contribution in [0, 0.1) is 6.92 Å². The lowest BCUT2D eigenvalue weighted by Gasteiger charge is -2.08. The van der Waals surface area contributed by atoms with Crippen LogP contribution in [0.3, 0.4) is 0 Å². The second kappa shape index (κ2) is 5.33. The third kappa shape index (κ3) is 3.08. The molecule has 0 amide bonds. The van der Waals surface area contributed by atoms with Gasteiger partial charge in [-0.15, -0.1) is 10.2 Å². The van der Waals surface area contributed by atoms with Crippen LogP contribution in [0.15, 0.2) is 38.8 Å². The van der Waals surface area contributed by atoms with Gasteiger partial charge in [-0.3, -0.25) is 0 Å². The van der Waals surface area contributed by atoms with Crippen LogP contribution in [-0.4, -0.2) is 10.2 Å². The molecule has 1 aromatic carbocycles. The highest BCUT2D eigenvalue weighted by Gasteiger charge is 2.06. The van der Waals surface area contributed by atoms with Gasteiger partial charge in [0.25, 0.3) is 5.22 Å². The summed E-state index contributed by atoms with van der Waals surface area (Å²) in [4.78, 5) is 1.07. The first-order valence-corrected chi connectivity index (χ1v) is 6.34. The van der Waals surface area contributed by atoms with E-state index >= 15 is 0 Å². The van der Waals surface area contributed by atoms with Crippen molar-refractivity contribution in [2.75, 3.05) is 0 Å². The lowest BCUT2D eigenvalue weighted by atomic mass is 10.1. The molecule has 17 heavy (non-hydrogen) atoms. The minimum Gasteiger partial charge on any atom is -0.416 e. The maximum atomic E-state index is 5.95. The molecule has 0 saturated carbocycles. The second-order valence-electron chi connectivity index (χ2n) is 3.77. The summed E-state index contributed by atoms with van der Waals surface area (Å²) in [5, 5.41) is 8.29. The molecule has 0 aliphatic heterocycles. The molecule has 1 heterocycles. The topological polar surface area (TPSA) is 64.9 Å². The highest BCUT2D eigenvalue weighted by atomic mass is 32.2. The van der Waals surface area contributed by atoms with Gasteiger partial charge in [0.1, 0.15) is 0 Å². The van der Waals surface area contributed by atoms with E-state index in [1.54, 1.807) is 6.92 Å². The van der Waals surface area contributed by atoms with E-state index in [1.807, 2.05) is 24.3 Å². The van der Waals surface area contributed by atoms with Crippen molar-refractivity contribution in [2.45, 2.75) is 36.4 Å². The molecular weight excluding hydrogens is 234 g/mol. The summed E-state index contributed by atoms with van der Waals surface area (Å²) in [6, 6.07) is 8.24. The van der Waals surface area contributed by atoms with Crippen LogP contribution < -0.4 is 5.73 Å². The molecular formula is C12H15N3OS. The molecule has 0 bridgehead atoms. The normalized spacial score (nSPS) is 12.6. The maximum Gasteiger partial charge on any atom is 0.281 e. The highest BCUT2D eigenvalue weighted by Crippen LogP contribution is 2.27. The summed E-state index contributed by atoms with van der Waals surface area (Å²) >= 11 is 1.46. The lowest BCUT2D eigenvalue weighted by molar-refractivity contribution is 0.429. The van der Waals surface area contributed by atoms with Gasteiger partial charge in [-0.25, -0.2) is 0 Å². The van der Waals surface area contributed by atoms with E-state index in [0.717, 1.165) is 16.9 Å². The minimum atomic E-state index is 0.111. The molecule has 0 fully saturated rings. The van der Waals surface area contributed by atoms with Crippen molar-refractivity contribution in [3.05, 3.63) is 35.7 Å². The smallest absolute Gasteiger partial charge is 0.281 e. The van der Waals surface area contributed by atoms with Crippen molar-refractivity contribution >= 4 is 11.8 Å². The van der Waals surface area contributed by atoms with Gasteiger partial charge in [0.05, 0.1) is 0 Å². The first-order chi connectivity index (χ1) is 8.19. The lowest BCUT2D eigenvalue weighted by Crippen LogP contribution is -2.07. The highest BCUT2D eigenvalue weighted by molar-refractivity contribution is 7.99. The van der Waals surface area contributed by atoms with Gasteiger partial charge in [0, 0.05) is 17.9 Å². The van der Waals surface area contributed by atoms with E-state index in [1.165, 1.54) is 11.8 Å². The monoisotopic (exact) mass is 249 g/mol. The fraction of sp³-hybridized carbons (Fsp3) is 0.333. The molecule has 0 aliphatic carbocycles. The van der Waals surface area contributed by atoms with Crippen LogP contribution in [-0.2, 0) is 0 Å². The molecule has 2 aromatic rings. The quantitative estimate of drug-likeness (QED) is 0.902. The van der Waals surface area contributed by atoms with Gasteiger partial charge in [0.2, 0.25) is 5.89 Å². The largest absolute Gasteiger partial charge is 0.416 e. The van der Waals surface area contributed by atoms with Crippen LogP contribution in [0.4, 0.5) is 0 Å². The SMILES string of the molecule is CC[C@H](N)c1ccc(Sc2nnc(C)o2)cc1. The standard InChI is InChI=1S/C12H15N3OS/c1-3-11(13)9-4-6-10(7-5-9)17-12-15-14-8(2)16-12/h4-7,11H,3,13H2,1-2H3/t11-/m0/s1. The number of nitrogens with two attached hydrogens (primary N) is 1. The van der Waals surface area contributed by atoms with E-state index in [9.17, 15) is 0 Å². The van der Waals surface area contributed by atoms with E-state index in [-0.39, 0.29) is 6.04 Å². The first-order valence-electron chi connectivity index (χ1n) is 5.52. The predicted molar refractivity (Wildman–Crippen MR) is 66.8 cm³/mol. The van der Waals surface area contributed by atoms with E-state index in [0.29, 0.717) is 11.1 Å². The zero-order valence-electron chi connectivity index (χ0n) is 9.88. The Bertz CT molecular complexity index is 481. The summed E-state index contributed by atoms with van der Waals surface area (Å²) < 4.78 is 5.30. The summed E-state index contributed by atoms with van der Waals surface area (Å²) in [6.45, 7) is 3.86. The Balaban J connectivity index is 2.08. The molecule has 1 atom stereocenters. The number of hydrogen-bond acceptors (Lipinski definition) is 5. The molecule has 2 N–H and O–H groups in total. The second-order valence-corrected chi connectivity index (χ2v) is 4.80. The van der Waals surface area contributed by atoms with Crippen molar-refractivity contribution in [1.29, 1.82) is 0 Å². The van der Waals surface area contributed by atoms with Crippen LogP contribution in [0.1, 0.15) is 30.8 Å². The predicted octanol–water partition coefficient (Wildman–Crippen LogP) is 2.94. The zero-order chi connectivity index (χ0) is 12.3. The van der Waals surface area contributed by atoms with Crippen molar-refractivity contribution in [3.63, 3.8) is 0 Å². The Morgan fingerprint density at radius 1 is 1.29 bits per heavy atom. The Labute approximate surface area is 105 Å². The van der Waals surface area contributed by atoms with Crippen LogP contribution >= 0.6 is 11.8 Å².